The van der Waals surface area contributed by atoms with Gasteiger partial charge in [0.15, 0.2) is 0 Å². The van der Waals surface area contributed by atoms with Gasteiger partial charge in [0.1, 0.15) is 17.0 Å². The molecule has 116 valence electrons. The van der Waals surface area contributed by atoms with E-state index in [4.69, 9.17) is 4.42 Å². The molecule has 2 aliphatic carbocycles. The minimum atomic E-state index is -0.137. The minimum Gasteiger partial charge on any atom is -0.472 e. The van der Waals surface area contributed by atoms with Gasteiger partial charge in [0.25, 0.3) is 5.91 Å². The Morgan fingerprint density at radius 3 is 3.09 bits per heavy atom. The Labute approximate surface area is 132 Å². The first-order valence-corrected chi connectivity index (χ1v) is 8.54. The van der Waals surface area contributed by atoms with Gasteiger partial charge in [-0.15, -0.1) is 11.3 Å². The number of aliphatic hydroxyl groups is 1. The second kappa shape index (κ2) is 5.52. The monoisotopic (exact) mass is 318 g/mol. The van der Waals surface area contributed by atoms with Crippen molar-refractivity contribution in [2.24, 2.45) is 17.8 Å². The Balaban J connectivity index is 1.48. The van der Waals surface area contributed by atoms with Crippen LogP contribution in [-0.4, -0.2) is 28.6 Å². The highest BCUT2D eigenvalue weighted by Crippen LogP contribution is 2.48. The average Bonchev–Trinajstić information content (AvgIpc) is 3.28. The van der Waals surface area contributed by atoms with Gasteiger partial charge < -0.3 is 14.8 Å². The molecule has 0 aromatic carbocycles. The van der Waals surface area contributed by atoms with E-state index in [1.54, 1.807) is 17.9 Å². The summed E-state index contributed by atoms with van der Waals surface area (Å²) in [6, 6.07) is 1.92. The van der Waals surface area contributed by atoms with Crippen molar-refractivity contribution in [3.63, 3.8) is 0 Å². The van der Waals surface area contributed by atoms with Gasteiger partial charge >= 0.3 is 0 Å². The van der Waals surface area contributed by atoms with Gasteiger partial charge in [0, 0.05) is 29.5 Å². The zero-order chi connectivity index (χ0) is 15.1. The third-order valence-corrected chi connectivity index (χ3v) is 5.99. The van der Waals surface area contributed by atoms with E-state index in [1.165, 1.54) is 17.8 Å². The number of hydrogen-bond donors (Lipinski definition) is 2. The molecule has 0 spiro atoms. The maximum atomic E-state index is 12.4. The summed E-state index contributed by atoms with van der Waals surface area (Å²) in [4.78, 5) is 16.8. The quantitative estimate of drug-likeness (QED) is 0.908. The van der Waals surface area contributed by atoms with Gasteiger partial charge in [-0.05, 0) is 37.2 Å². The minimum absolute atomic E-state index is 0.0929. The number of furan rings is 1. The number of aromatic nitrogens is 1. The first-order chi connectivity index (χ1) is 10.8. The van der Waals surface area contributed by atoms with Crippen molar-refractivity contribution in [1.29, 1.82) is 0 Å². The van der Waals surface area contributed by atoms with Crippen LogP contribution in [0.25, 0.3) is 10.6 Å². The van der Waals surface area contributed by atoms with E-state index in [2.05, 4.69) is 10.3 Å². The van der Waals surface area contributed by atoms with E-state index in [0.29, 0.717) is 17.5 Å². The van der Waals surface area contributed by atoms with Crippen molar-refractivity contribution >= 4 is 17.2 Å². The van der Waals surface area contributed by atoms with Crippen LogP contribution in [0.4, 0.5) is 0 Å². The van der Waals surface area contributed by atoms with Crippen molar-refractivity contribution < 1.29 is 14.3 Å². The fourth-order valence-electron chi connectivity index (χ4n) is 4.02. The summed E-state index contributed by atoms with van der Waals surface area (Å²) in [6.45, 7) is 0.156. The molecular formula is C16H18N2O3S. The van der Waals surface area contributed by atoms with Crippen molar-refractivity contribution in [2.75, 3.05) is 6.61 Å². The third-order valence-electron chi connectivity index (χ3n) is 5.10. The van der Waals surface area contributed by atoms with E-state index < -0.39 is 0 Å². The lowest BCUT2D eigenvalue weighted by atomic mass is 9.85. The standard InChI is InChI=1S/C16H18N2O3S/c19-6-12-9-1-2-10(5-9)14(12)18-15(20)13-8-22-16(17-13)11-3-4-21-7-11/h3-4,7-10,12,14,19H,1-2,5-6H2,(H,18,20). The summed E-state index contributed by atoms with van der Waals surface area (Å²) >= 11 is 1.43. The summed E-state index contributed by atoms with van der Waals surface area (Å²) in [6.07, 6.45) is 6.69. The number of nitrogens with one attached hydrogen (secondary N) is 1. The van der Waals surface area contributed by atoms with Crippen molar-refractivity contribution in [1.82, 2.24) is 10.3 Å². The highest BCUT2D eigenvalue weighted by Gasteiger charge is 2.47. The molecule has 2 aliphatic rings. The predicted molar refractivity (Wildman–Crippen MR) is 82.5 cm³/mol. The highest BCUT2D eigenvalue weighted by molar-refractivity contribution is 7.13. The molecule has 22 heavy (non-hydrogen) atoms. The number of carbonyl (C=O) groups excluding carboxylic acids is 1. The number of fused-ring (bicyclic) bond motifs is 2. The van der Waals surface area contributed by atoms with Crippen LogP contribution < -0.4 is 5.32 Å². The number of rotatable bonds is 4. The highest BCUT2D eigenvalue weighted by atomic mass is 32.1. The number of amides is 1. The summed E-state index contributed by atoms with van der Waals surface area (Å²) < 4.78 is 5.05. The Bertz CT molecular complexity index is 667. The first kappa shape index (κ1) is 14.0. The fourth-order valence-corrected chi connectivity index (χ4v) is 4.81. The Morgan fingerprint density at radius 1 is 1.45 bits per heavy atom. The van der Waals surface area contributed by atoms with Gasteiger partial charge in [-0.1, -0.05) is 0 Å². The maximum absolute atomic E-state index is 12.4. The van der Waals surface area contributed by atoms with Gasteiger partial charge in [0.2, 0.25) is 0 Å². The zero-order valence-electron chi connectivity index (χ0n) is 12.1. The Hall–Kier alpha value is -1.66. The lowest BCUT2D eigenvalue weighted by molar-refractivity contribution is 0.0857. The van der Waals surface area contributed by atoms with Crippen molar-refractivity contribution in [2.45, 2.75) is 25.3 Å². The molecule has 2 N–H and O–H groups in total. The van der Waals surface area contributed by atoms with E-state index in [9.17, 15) is 9.90 Å². The molecule has 2 fully saturated rings. The van der Waals surface area contributed by atoms with Crippen molar-refractivity contribution in [3.05, 3.63) is 29.7 Å². The average molecular weight is 318 g/mol. The molecular weight excluding hydrogens is 300 g/mol. The van der Waals surface area contributed by atoms with E-state index in [0.717, 1.165) is 23.4 Å². The third kappa shape index (κ3) is 2.27. The summed E-state index contributed by atoms with van der Waals surface area (Å²) in [5.74, 6) is 1.15. The zero-order valence-corrected chi connectivity index (χ0v) is 12.9. The van der Waals surface area contributed by atoms with E-state index >= 15 is 0 Å². The van der Waals surface area contributed by atoms with Crippen LogP contribution in [0.5, 0.6) is 0 Å². The van der Waals surface area contributed by atoms with Crippen LogP contribution in [-0.2, 0) is 0 Å². The van der Waals surface area contributed by atoms with Crippen LogP contribution in [0.1, 0.15) is 29.8 Å². The van der Waals surface area contributed by atoms with Gasteiger partial charge in [-0.2, -0.15) is 0 Å². The number of thiazole rings is 1. The summed E-state index contributed by atoms with van der Waals surface area (Å²) in [5.41, 5.74) is 1.33. The number of nitrogens with zero attached hydrogens (tertiary/aromatic N) is 1. The molecule has 5 nitrogen and oxygen atoms in total. The van der Waals surface area contributed by atoms with Crippen LogP contribution in [0.15, 0.2) is 28.4 Å². The number of aliphatic hydroxyl groups excluding tert-OH is 1. The van der Waals surface area contributed by atoms with Gasteiger partial charge in [-0.3, -0.25) is 4.79 Å². The maximum Gasteiger partial charge on any atom is 0.271 e. The van der Waals surface area contributed by atoms with Crippen LogP contribution >= 0.6 is 11.3 Å². The topological polar surface area (TPSA) is 75.4 Å². The largest absolute Gasteiger partial charge is 0.472 e. The van der Waals surface area contributed by atoms with Gasteiger partial charge in [-0.25, -0.2) is 4.98 Å². The molecule has 2 saturated carbocycles. The summed E-state index contributed by atoms with van der Waals surface area (Å²) in [7, 11) is 0. The summed E-state index contributed by atoms with van der Waals surface area (Å²) in [5, 5.41) is 15.3. The normalized spacial score (nSPS) is 29.9. The Morgan fingerprint density at radius 2 is 2.32 bits per heavy atom. The predicted octanol–water partition coefficient (Wildman–Crippen LogP) is 2.54. The fraction of sp³-hybridized carbons (Fsp3) is 0.500. The molecule has 4 unspecified atom stereocenters. The SMILES string of the molecule is O=C(NC1C2CCC(C2)C1CO)c1csc(-c2ccoc2)n1. The molecule has 2 heterocycles. The molecule has 0 saturated heterocycles. The van der Waals surface area contributed by atoms with E-state index in [-0.39, 0.29) is 24.5 Å². The lowest BCUT2D eigenvalue weighted by Gasteiger charge is -2.30. The smallest absolute Gasteiger partial charge is 0.271 e. The number of carbonyl (C=O) groups is 1. The molecule has 2 aromatic heterocycles. The molecule has 2 aromatic rings. The van der Waals surface area contributed by atoms with Gasteiger partial charge in [0.05, 0.1) is 6.26 Å². The second-order valence-corrected chi connectivity index (χ2v) is 7.09. The number of hydrogen-bond acceptors (Lipinski definition) is 5. The van der Waals surface area contributed by atoms with E-state index in [1.807, 2.05) is 6.07 Å². The van der Waals surface area contributed by atoms with Crippen LogP contribution in [0, 0.1) is 17.8 Å². The molecule has 6 heteroatoms. The van der Waals surface area contributed by atoms with Crippen molar-refractivity contribution in [3.8, 4) is 10.6 Å². The molecule has 0 aliphatic heterocycles. The molecule has 4 atom stereocenters. The van der Waals surface area contributed by atoms with Crippen LogP contribution in [0.3, 0.4) is 0 Å². The lowest BCUT2D eigenvalue weighted by Crippen LogP contribution is -2.45. The molecule has 1 amide bonds. The molecule has 4 rings (SSSR count). The Kier molecular flexibility index (Phi) is 3.50. The second-order valence-electron chi connectivity index (χ2n) is 6.23. The van der Waals surface area contributed by atoms with Crippen LogP contribution in [0.2, 0.25) is 0 Å². The molecule has 0 radical (unpaired) electrons. The first-order valence-electron chi connectivity index (χ1n) is 7.66. The molecule has 2 bridgehead atoms.